The molecule has 1 heterocycles. The average Bonchev–Trinajstić information content (AvgIpc) is 2.44. The van der Waals surface area contributed by atoms with Gasteiger partial charge < -0.3 is 4.74 Å². The zero-order valence-corrected chi connectivity index (χ0v) is 12.4. The molecular weight excluding hydrogens is 316 g/mol. The third-order valence-electron chi connectivity index (χ3n) is 2.88. The van der Waals surface area contributed by atoms with Gasteiger partial charge in [0.1, 0.15) is 17.4 Å². The Hall–Kier alpha value is -2.45. The fourth-order valence-electron chi connectivity index (χ4n) is 1.77. The number of rotatable bonds is 3. The molecular formula is C13H11ClN2O6. The van der Waals surface area contributed by atoms with Gasteiger partial charge >= 0.3 is 5.97 Å². The number of ether oxygens (including phenoxy) is 1. The lowest BCUT2D eigenvalue weighted by molar-refractivity contribution is -0.385. The van der Waals surface area contributed by atoms with Crippen LogP contribution in [0.15, 0.2) is 30.0 Å². The topological polar surface area (TPSA) is 99.0 Å². The molecule has 0 fully saturated rings. The smallest absolute Gasteiger partial charge is 0.350 e. The Bertz CT molecular complexity index is 687. The van der Waals surface area contributed by atoms with Crippen LogP contribution in [0.3, 0.4) is 0 Å². The minimum atomic E-state index is -0.970. The van der Waals surface area contributed by atoms with E-state index in [2.05, 4.69) is 0 Å². The highest BCUT2D eigenvalue weighted by atomic mass is 35.5. The molecule has 1 aromatic rings. The molecule has 0 aliphatic carbocycles. The van der Waals surface area contributed by atoms with Crippen molar-refractivity contribution >= 4 is 29.2 Å². The predicted molar refractivity (Wildman–Crippen MR) is 74.9 cm³/mol. The maximum Gasteiger partial charge on any atom is 0.350 e. The van der Waals surface area contributed by atoms with Crippen molar-refractivity contribution in [1.82, 2.24) is 5.06 Å². The van der Waals surface area contributed by atoms with Crippen molar-refractivity contribution < 1.29 is 24.1 Å². The van der Waals surface area contributed by atoms with Gasteiger partial charge in [-0.25, -0.2) is 9.86 Å². The Labute approximate surface area is 130 Å². The van der Waals surface area contributed by atoms with Crippen molar-refractivity contribution in [2.24, 2.45) is 0 Å². The van der Waals surface area contributed by atoms with Gasteiger partial charge in [0.2, 0.25) is 0 Å². The molecule has 0 radical (unpaired) electrons. The van der Waals surface area contributed by atoms with Crippen molar-refractivity contribution in [2.75, 3.05) is 7.05 Å². The van der Waals surface area contributed by atoms with Crippen LogP contribution in [-0.2, 0) is 14.4 Å². The lowest BCUT2D eigenvalue weighted by atomic mass is 10.2. The van der Waals surface area contributed by atoms with Gasteiger partial charge in [-0.05, 0) is 19.1 Å². The molecule has 0 spiro atoms. The highest BCUT2D eigenvalue weighted by Crippen LogP contribution is 2.26. The standard InChI is InChI=1S/C13H11ClN2O6/c1-7-11(6-12(17)15(2)22-7)21-13(18)9-4-3-8(14)5-10(9)16(19)20/h3-7H,1-2H3. The molecule has 1 aromatic carbocycles. The largest absolute Gasteiger partial charge is 0.424 e. The number of esters is 1. The van der Waals surface area contributed by atoms with Gasteiger partial charge in [0.15, 0.2) is 0 Å². The number of likely N-dealkylation sites (N-methyl/N-ethyl adjacent to an activating group) is 1. The first-order chi connectivity index (χ1) is 10.3. The quantitative estimate of drug-likeness (QED) is 0.479. The van der Waals surface area contributed by atoms with Crippen molar-refractivity contribution in [3.8, 4) is 0 Å². The summed E-state index contributed by atoms with van der Waals surface area (Å²) in [7, 11) is 1.41. The van der Waals surface area contributed by atoms with Crippen molar-refractivity contribution in [3.63, 3.8) is 0 Å². The highest BCUT2D eigenvalue weighted by molar-refractivity contribution is 6.31. The van der Waals surface area contributed by atoms with Crippen LogP contribution < -0.4 is 0 Å². The van der Waals surface area contributed by atoms with Gasteiger partial charge in [-0.1, -0.05) is 11.6 Å². The summed E-state index contributed by atoms with van der Waals surface area (Å²) in [4.78, 5) is 38.9. The molecule has 0 bridgehead atoms. The zero-order valence-electron chi connectivity index (χ0n) is 11.6. The molecule has 1 unspecified atom stereocenters. The van der Waals surface area contributed by atoms with E-state index in [1.807, 2.05) is 0 Å². The van der Waals surface area contributed by atoms with E-state index in [0.717, 1.165) is 17.2 Å². The van der Waals surface area contributed by atoms with E-state index in [9.17, 15) is 19.7 Å². The van der Waals surface area contributed by atoms with Gasteiger partial charge in [-0.3, -0.25) is 19.7 Å². The van der Waals surface area contributed by atoms with Crippen LogP contribution >= 0.6 is 11.6 Å². The van der Waals surface area contributed by atoms with Crippen LogP contribution in [0.25, 0.3) is 0 Å². The van der Waals surface area contributed by atoms with E-state index in [1.54, 1.807) is 6.92 Å². The number of carbonyl (C=O) groups excluding carboxylic acids is 2. The van der Waals surface area contributed by atoms with Crippen molar-refractivity contribution in [1.29, 1.82) is 0 Å². The summed E-state index contributed by atoms with van der Waals surface area (Å²) in [6.07, 6.45) is 0.409. The molecule has 1 amide bonds. The van der Waals surface area contributed by atoms with E-state index < -0.39 is 28.6 Å². The van der Waals surface area contributed by atoms with E-state index in [0.29, 0.717) is 0 Å². The Morgan fingerprint density at radius 3 is 2.82 bits per heavy atom. The number of benzene rings is 1. The van der Waals surface area contributed by atoms with Crippen LogP contribution in [0.1, 0.15) is 17.3 Å². The number of nitrogens with zero attached hydrogens (tertiary/aromatic N) is 2. The van der Waals surface area contributed by atoms with Crippen LogP contribution in [0.4, 0.5) is 5.69 Å². The van der Waals surface area contributed by atoms with Crippen LogP contribution in [0.5, 0.6) is 0 Å². The Morgan fingerprint density at radius 2 is 2.18 bits per heavy atom. The monoisotopic (exact) mass is 326 g/mol. The summed E-state index contributed by atoms with van der Waals surface area (Å²) in [5.41, 5.74) is -0.750. The Balaban J connectivity index is 2.29. The summed E-state index contributed by atoms with van der Waals surface area (Å²) < 4.78 is 5.04. The minimum absolute atomic E-state index is 0.0302. The second kappa shape index (κ2) is 6.12. The average molecular weight is 327 g/mol. The van der Waals surface area contributed by atoms with Gasteiger partial charge in [0, 0.05) is 24.2 Å². The normalized spacial score (nSPS) is 18.0. The predicted octanol–water partition coefficient (Wildman–Crippen LogP) is 2.08. The molecule has 2 rings (SSSR count). The lowest BCUT2D eigenvalue weighted by Crippen LogP contribution is -2.36. The van der Waals surface area contributed by atoms with E-state index in [-0.39, 0.29) is 16.3 Å². The SMILES string of the molecule is CC1ON(C)C(=O)C=C1OC(=O)c1ccc(Cl)cc1[N+](=O)[O-]. The van der Waals surface area contributed by atoms with Gasteiger partial charge in [-0.2, -0.15) is 0 Å². The molecule has 9 heteroatoms. The molecule has 0 N–H and O–H groups in total. The molecule has 0 saturated heterocycles. The molecule has 1 aliphatic rings. The molecule has 0 aromatic heterocycles. The maximum absolute atomic E-state index is 12.1. The number of nitro benzene ring substituents is 1. The second-order valence-corrected chi connectivity index (χ2v) is 4.87. The minimum Gasteiger partial charge on any atom is -0.424 e. The van der Waals surface area contributed by atoms with Gasteiger partial charge in [0.05, 0.1) is 4.92 Å². The van der Waals surface area contributed by atoms with Crippen molar-refractivity contribution in [2.45, 2.75) is 13.0 Å². The molecule has 8 nitrogen and oxygen atoms in total. The first kappa shape index (κ1) is 15.9. The van der Waals surface area contributed by atoms with E-state index in [4.69, 9.17) is 21.2 Å². The van der Waals surface area contributed by atoms with Crippen LogP contribution in [0, 0.1) is 10.1 Å². The third kappa shape index (κ3) is 3.23. The second-order valence-electron chi connectivity index (χ2n) is 4.44. The first-order valence-electron chi connectivity index (χ1n) is 6.11. The summed E-state index contributed by atoms with van der Waals surface area (Å²) in [5.74, 6) is -1.51. The number of amides is 1. The maximum atomic E-state index is 12.1. The summed E-state index contributed by atoms with van der Waals surface area (Å²) in [6, 6.07) is 3.57. The van der Waals surface area contributed by atoms with E-state index in [1.165, 1.54) is 19.2 Å². The van der Waals surface area contributed by atoms with Gasteiger partial charge in [-0.15, -0.1) is 0 Å². The number of hydrogen-bond acceptors (Lipinski definition) is 6. The van der Waals surface area contributed by atoms with Gasteiger partial charge in [0.25, 0.3) is 11.6 Å². The van der Waals surface area contributed by atoms with Crippen molar-refractivity contribution in [3.05, 3.63) is 50.7 Å². The fourth-order valence-corrected chi connectivity index (χ4v) is 1.94. The Morgan fingerprint density at radius 1 is 1.50 bits per heavy atom. The molecule has 1 aliphatic heterocycles. The lowest BCUT2D eigenvalue weighted by Gasteiger charge is -2.26. The molecule has 116 valence electrons. The van der Waals surface area contributed by atoms with E-state index >= 15 is 0 Å². The summed E-state index contributed by atoms with van der Waals surface area (Å²) in [5, 5.41) is 12.1. The fraction of sp³-hybridized carbons (Fsp3) is 0.231. The highest BCUT2D eigenvalue weighted by Gasteiger charge is 2.29. The number of hydroxylamine groups is 2. The molecule has 1 atom stereocenters. The molecule has 0 saturated carbocycles. The number of nitro groups is 1. The first-order valence-corrected chi connectivity index (χ1v) is 6.49. The zero-order chi connectivity index (χ0) is 16.4. The third-order valence-corrected chi connectivity index (χ3v) is 3.12. The number of halogens is 1. The van der Waals surface area contributed by atoms with Crippen LogP contribution in [0.2, 0.25) is 5.02 Å². The number of hydrogen-bond donors (Lipinski definition) is 0. The summed E-state index contributed by atoms with van der Waals surface area (Å²) >= 11 is 5.68. The Kier molecular flexibility index (Phi) is 4.43. The van der Waals surface area contributed by atoms with Crippen LogP contribution in [-0.4, -0.2) is 35.0 Å². The number of carbonyl (C=O) groups is 2. The molecule has 22 heavy (non-hydrogen) atoms. The summed E-state index contributed by atoms with van der Waals surface area (Å²) in [6.45, 7) is 1.57.